The first-order valence-electron chi connectivity index (χ1n) is 9.40. The summed E-state index contributed by atoms with van der Waals surface area (Å²) in [6.07, 6.45) is 1.76. The van der Waals surface area contributed by atoms with Crippen LogP contribution in [0, 0.1) is 11.8 Å². The molecule has 1 aliphatic heterocycles. The lowest BCUT2D eigenvalue weighted by Crippen LogP contribution is -2.45. The van der Waals surface area contributed by atoms with E-state index in [2.05, 4.69) is 43.4 Å². The van der Waals surface area contributed by atoms with Crippen molar-refractivity contribution in [2.45, 2.75) is 64.3 Å². The van der Waals surface area contributed by atoms with E-state index < -0.39 is 8.07 Å². The first-order valence-corrected chi connectivity index (χ1v) is 12.6. The van der Waals surface area contributed by atoms with Gasteiger partial charge in [-0.2, -0.15) is 0 Å². The molecule has 25 heavy (non-hydrogen) atoms. The molecular formula is C20H30O4Si. The molecule has 0 spiro atoms. The highest BCUT2D eigenvalue weighted by Gasteiger charge is 2.52. The Balaban J connectivity index is 1.78. The van der Waals surface area contributed by atoms with Gasteiger partial charge in [0.1, 0.15) is 6.10 Å². The standard InChI is InChI=1S/C20H30O4Si/c1-5-22-20-11-16-17(19(23-14(2)21)12-18(16)24-20)13-25(3,4)15-9-7-6-8-10-15/h6-10,16-20H,5,11-13H2,1-4H3/t16-,17-,18+,19-,20?/m0/s1. The molecule has 1 heterocycles. The average molecular weight is 363 g/mol. The molecule has 0 radical (unpaired) electrons. The highest BCUT2D eigenvalue weighted by molar-refractivity contribution is 6.89. The molecule has 5 atom stereocenters. The molecular weight excluding hydrogens is 332 g/mol. The Morgan fingerprint density at radius 3 is 2.60 bits per heavy atom. The molecule has 0 bridgehead atoms. The molecule has 2 aliphatic rings. The molecule has 3 rings (SSSR count). The molecule has 1 saturated carbocycles. The van der Waals surface area contributed by atoms with Gasteiger partial charge < -0.3 is 14.2 Å². The smallest absolute Gasteiger partial charge is 0.302 e. The van der Waals surface area contributed by atoms with E-state index in [1.165, 1.54) is 12.1 Å². The minimum absolute atomic E-state index is 0.0226. The van der Waals surface area contributed by atoms with Gasteiger partial charge in [-0.15, -0.1) is 0 Å². The highest BCUT2D eigenvalue weighted by atomic mass is 28.3. The van der Waals surface area contributed by atoms with Gasteiger partial charge in [0.25, 0.3) is 0 Å². The molecule has 0 amide bonds. The molecule has 2 fully saturated rings. The normalized spacial score (nSPS) is 31.8. The fourth-order valence-corrected chi connectivity index (χ4v) is 7.68. The highest BCUT2D eigenvalue weighted by Crippen LogP contribution is 2.47. The van der Waals surface area contributed by atoms with Crippen molar-refractivity contribution in [3.05, 3.63) is 30.3 Å². The number of esters is 1. The zero-order valence-electron chi connectivity index (χ0n) is 15.7. The van der Waals surface area contributed by atoms with Crippen LogP contribution in [0.4, 0.5) is 0 Å². The number of benzene rings is 1. The third-order valence-corrected chi connectivity index (χ3v) is 9.12. The van der Waals surface area contributed by atoms with Gasteiger partial charge in [-0.3, -0.25) is 4.79 Å². The second-order valence-electron chi connectivity index (χ2n) is 7.96. The summed E-state index contributed by atoms with van der Waals surface area (Å²) in [6, 6.07) is 11.9. The van der Waals surface area contributed by atoms with Crippen LogP contribution in [0.5, 0.6) is 0 Å². The van der Waals surface area contributed by atoms with Gasteiger partial charge in [0.2, 0.25) is 0 Å². The fourth-order valence-electron chi connectivity index (χ4n) is 4.61. The van der Waals surface area contributed by atoms with Crippen molar-refractivity contribution in [1.82, 2.24) is 0 Å². The Morgan fingerprint density at radius 1 is 1.24 bits per heavy atom. The maximum absolute atomic E-state index is 11.6. The van der Waals surface area contributed by atoms with Gasteiger partial charge in [0.05, 0.1) is 14.2 Å². The zero-order valence-corrected chi connectivity index (χ0v) is 16.7. The Kier molecular flexibility index (Phi) is 5.66. The van der Waals surface area contributed by atoms with Crippen LogP contribution >= 0.6 is 0 Å². The van der Waals surface area contributed by atoms with Crippen LogP contribution in [0.25, 0.3) is 0 Å². The average Bonchev–Trinajstić information content (AvgIpc) is 3.07. The maximum atomic E-state index is 11.6. The predicted octanol–water partition coefficient (Wildman–Crippen LogP) is 3.32. The van der Waals surface area contributed by atoms with Crippen molar-refractivity contribution in [2.24, 2.45) is 11.8 Å². The van der Waals surface area contributed by atoms with Gasteiger partial charge in [0.15, 0.2) is 6.29 Å². The lowest BCUT2D eigenvalue weighted by molar-refractivity contribution is -0.152. The SMILES string of the molecule is CCOC1C[C@H]2[C@H](C[Si](C)(C)c3ccccc3)[C@@H](OC(C)=O)C[C@H]2O1. The summed E-state index contributed by atoms with van der Waals surface area (Å²) in [5, 5.41) is 1.46. The van der Waals surface area contributed by atoms with Gasteiger partial charge in [-0.1, -0.05) is 48.6 Å². The van der Waals surface area contributed by atoms with Crippen LogP contribution in [0.1, 0.15) is 26.7 Å². The number of carbonyl (C=O) groups is 1. The van der Waals surface area contributed by atoms with E-state index in [1.807, 2.05) is 6.92 Å². The van der Waals surface area contributed by atoms with E-state index in [4.69, 9.17) is 14.2 Å². The zero-order chi connectivity index (χ0) is 18.0. The minimum Gasteiger partial charge on any atom is -0.462 e. The number of fused-ring (bicyclic) bond motifs is 1. The van der Waals surface area contributed by atoms with E-state index in [0.717, 1.165) is 18.9 Å². The van der Waals surface area contributed by atoms with Crippen LogP contribution in [0.2, 0.25) is 19.1 Å². The van der Waals surface area contributed by atoms with Gasteiger partial charge in [0, 0.05) is 26.4 Å². The summed E-state index contributed by atoms with van der Waals surface area (Å²) in [5.41, 5.74) is 0. The second-order valence-corrected chi connectivity index (χ2v) is 12.7. The molecule has 4 nitrogen and oxygen atoms in total. The lowest BCUT2D eigenvalue weighted by Gasteiger charge is -2.32. The van der Waals surface area contributed by atoms with E-state index in [0.29, 0.717) is 18.4 Å². The molecule has 0 N–H and O–H groups in total. The van der Waals surface area contributed by atoms with Crippen molar-refractivity contribution >= 4 is 19.2 Å². The van der Waals surface area contributed by atoms with E-state index in [1.54, 1.807) is 0 Å². The third-order valence-electron chi connectivity index (χ3n) is 5.73. The Labute approximate surface area is 151 Å². The maximum Gasteiger partial charge on any atom is 0.302 e. The van der Waals surface area contributed by atoms with Crippen LogP contribution in [-0.4, -0.2) is 39.1 Å². The van der Waals surface area contributed by atoms with Crippen LogP contribution in [-0.2, 0) is 19.0 Å². The number of rotatable bonds is 6. The Hall–Kier alpha value is -1.17. The predicted molar refractivity (Wildman–Crippen MR) is 100 cm³/mol. The van der Waals surface area contributed by atoms with Crippen molar-refractivity contribution in [2.75, 3.05) is 6.61 Å². The van der Waals surface area contributed by atoms with Crippen LogP contribution in [0.3, 0.4) is 0 Å². The van der Waals surface area contributed by atoms with Crippen molar-refractivity contribution in [1.29, 1.82) is 0 Å². The monoisotopic (exact) mass is 362 g/mol. The topological polar surface area (TPSA) is 44.8 Å². The van der Waals surface area contributed by atoms with Gasteiger partial charge >= 0.3 is 5.97 Å². The molecule has 5 heteroatoms. The second kappa shape index (κ2) is 7.60. The molecule has 1 aromatic carbocycles. The summed E-state index contributed by atoms with van der Waals surface area (Å²) >= 11 is 0. The number of hydrogen-bond acceptors (Lipinski definition) is 4. The Morgan fingerprint density at radius 2 is 1.96 bits per heavy atom. The molecule has 138 valence electrons. The first kappa shape index (κ1) is 18.6. The number of ether oxygens (including phenoxy) is 3. The largest absolute Gasteiger partial charge is 0.462 e. The molecule has 1 aliphatic carbocycles. The van der Waals surface area contributed by atoms with Gasteiger partial charge in [-0.05, 0) is 24.8 Å². The molecule has 1 unspecified atom stereocenters. The van der Waals surface area contributed by atoms with E-state index >= 15 is 0 Å². The van der Waals surface area contributed by atoms with Crippen LogP contribution < -0.4 is 5.19 Å². The van der Waals surface area contributed by atoms with Crippen molar-refractivity contribution in [3.8, 4) is 0 Å². The quantitative estimate of drug-likeness (QED) is 0.575. The number of carbonyl (C=O) groups excluding carboxylic acids is 1. The fraction of sp³-hybridized carbons (Fsp3) is 0.650. The number of hydrogen-bond donors (Lipinski definition) is 0. The van der Waals surface area contributed by atoms with Crippen molar-refractivity contribution < 1.29 is 19.0 Å². The summed E-state index contributed by atoms with van der Waals surface area (Å²) in [6.45, 7) is 9.01. The van der Waals surface area contributed by atoms with Crippen LogP contribution in [0.15, 0.2) is 30.3 Å². The molecule has 1 aromatic rings. The van der Waals surface area contributed by atoms with Crippen molar-refractivity contribution in [3.63, 3.8) is 0 Å². The summed E-state index contributed by atoms with van der Waals surface area (Å²) < 4.78 is 17.5. The minimum atomic E-state index is -1.63. The van der Waals surface area contributed by atoms with E-state index in [-0.39, 0.29) is 24.5 Å². The Bertz CT molecular complexity index is 589. The third kappa shape index (κ3) is 4.15. The summed E-state index contributed by atoms with van der Waals surface area (Å²) in [4.78, 5) is 11.6. The summed E-state index contributed by atoms with van der Waals surface area (Å²) in [5.74, 6) is 0.605. The molecule has 1 saturated heterocycles. The van der Waals surface area contributed by atoms with E-state index in [9.17, 15) is 4.79 Å². The van der Waals surface area contributed by atoms with Gasteiger partial charge in [-0.25, -0.2) is 0 Å². The first-order chi connectivity index (χ1) is 11.9. The summed E-state index contributed by atoms with van der Waals surface area (Å²) in [7, 11) is -1.63. The molecule has 0 aromatic heterocycles. The lowest BCUT2D eigenvalue weighted by atomic mass is 9.93.